The van der Waals surface area contributed by atoms with Crippen LogP contribution in [0.15, 0.2) is 47.1 Å². The van der Waals surface area contributed by atoms with Crippen molar-refractivity contribution in [1.29, 1.82) is 0 Å². The molecule has 0 saturated carbocycles. The zero-order chi connectivity index (χ0) is 17.8. The minimum absolute atomic E-state index is 0.469. The average molecular weight is 350 g/mol. The van der Waals surface area contributed by atoms with Crippen LogP contribution in [0.5, 0.6) is 11.6 Å². The Morgan fingerprint density at radius 2 is 1.96 bits per heavy atom. The summed E-state index contributed by atoms with van der Waals surface area (Å²) in [5, 5.41) is 3.83. The van der Waals surface area contributed by atoms with Crippen LogP contribution >= 0.6 is 0 Å². The van der Waals surface area contributed by atoms with Crippen molar-refractivity contribution in [2.75, 3.05) is 13.1 Å². The maximum Gasteiger partial charge on any atom is 0.258 e. The number of pyridine rings is 1. The molecule has 6 heteroatoms. The Balaban J connectivity index is 1.54. The Kier molecular flexibility index (Phi) is 4.93. The van der Waals surface area contributed by atoms with E-state index in [1.807, 2.05) is 24.3 Å². The van der Waals surface area contributed by atoms with Crippen molar-refractivity contribution in [1.82, 2.24) is 20.0 Å². The van der Waals surface area contributed by atoms with Crippen molar-refractivity contribution in [3.05, 3.63) is 54.0 Å². The van der Waals surface area contributed by atoms with E-state index in [2.05, 4.69) is 32.2 Å². The van der Waals surface area contributed by atoms with Crippen LogP contribution in [-0.2, 0) is 6.54 Å². The standard InChI is InChI=1S/C20H22N4O2/c1-15-22-20(26-23-15)16-9-10-21-19(13-16)25-18-8-4-3-7-17(18)14-24-11-5-2-6-12-24/h3-4,7-10,13H,2,5-6,11-12,14H2,1H3. The third-order valence-electron chi connectivity index (χ3n) is 4.54. The number of rotatable bonds is 5. The predicted molar refractivity (Wildman–Crippen MR) is 97.9 cm³/mol. The molecular weight excluding hydrogens is 328 g/mol. The molecule has 0 radical (unpaired) electrons. The lowest BCUT2D eigenvalue weighted by atomic mass is 10.1. The summed E-state index contributed by atoms with van der Waals surface area (Å²) in [5.41, 5.74) is 1.97. The van der Waals surface area contributed by atoms with Gasteiger partial charge in [0.1, 0.15) is 5.75 Å². The molecule has 134 valence electrons. The van der Waals surface area contributed by atoms with E-state index in [0.717, 1.165) is 30.9 Å². The summed E-state index contributed by atoms with van der Waals surface area (Å²) in [6.07, 6.45) is 5.57. The van der Waals surface area contributed by atoms with Gasteiger partial charge < -0.3 is 9.26 Å². The number of nitrogens with zero attached hydrogens (tertiary/aromatic N) is 4. The number of piperidine rings is 1. The van der Waals surface area contributed by atoms with Crippen molar-refractivity contribution in [3.63, 3.8) is 0 Å². The Labute approximate surface area is 152 Å². The molecule has 0 unspecified atom stereocenters. The van der Waals surface area contributed by atoms with Gasteiger partial charge in [-0.1, -0.05) is 29.8 Å². The lowest BCUT2D eigenvalue weighted by Crippen LogP contribution is -2.29. The summed E-state index contributed by atoms with van der Waals surface area (Å²) in [5.74, 6) is 2.43. The van der Waals surface area contributed by atoms with Gasteiger partial charge in [0.2, 0.25) is 5.88 Å². The Morgan fingerprint density at radius 3 is 2.77 bits per heavy atom. The van der Waals surface area contributed by atoms with Crippen LogP contribution in [0.25, 0.3) is 11.5 Å². The molecule has 2 aromatic heterocycles. The van der Waals surface area contributed by atoms with Crippen molar-refractivity contribution in [2.45, 2.75) is 32.7 Å². The van der Waals surface area contributed by atoms with Gasteiger partial charge in [-0.25, -0.2) is 4.98 Å². The van der Waals surface area contributed by atoms with Crippen LogP contribution in [0, 0.1) is 6.92 Å². The maximum atomic E-state index is 6.09. The van der Waals surface area contributed by atoms with E-state index in [0.29, 0.717) is 17.6 Å². The van der Waals surface area contributed by atoms with Gasteiger partial charge in [-0.3, -0.25) is 4.90 Å². The number of para-hydroxylation sites is 1. The second-order valence-electron chi connectivity index (χ2n) is 6.58. The molecule has 6 nitrogen and oxygen atoms in total. The van der Waals surface area contributed by atoms with E-state index >= 15 is 0 Å². The van der Waals surface area contributed by atoms with E-state index in [1.165, 1.54) is 24.8 Å². The van der Waals surface area contributed by atoms with Gasteiger partial charge in [-0.05, 0) is 45.0 Å². The molecule has 0 spiro atoms. The molecule has 0 bridgehead atoms. The van der Waals surface area contributed by atoms with Gasteiger partial charge in [-0.15, -0.1) is 0 Å². The zero-order valence-corrected chi connectivity index (χ0v) is 14.9. The predicted octanol–water partition coefficient (Wildman–Crippen LogP) is 4.22. The minimum Gasteiger partial charge on any atom is -0.439 e. The molecule has 0 atom stereocenters. The summed E-state index contributed by atoms with van der Waals surface area (Å²) < 4.78 is 11.3. The first-order valence-corrected chi connectivity index (χ1v) is 9.03. The van der Waals surface area contributed by atoms with Crippen LogP contribution in [0.1, 0.15) is 30.7 Å². The van der Waals surface area contributed by atoms with Gasteiger partial charge in [-0.2, -0.15) is 4.98 Å². The Hall–Kier alpha value is -2.73. The molecule has 26 heavy (non-hydrogen) atoms. The molecule has 1 fully saturated rings. The van der Waals surface area contributed by atoms with E-state index in [9.17, 15) is 0 Å². The van der Waals surface area contributed by atoms with Crippen molar-refractivity contribution in [2.24, 2.45) is 0 Å². The molecule has 1 saturated heterocycles. The number of aryl methyl sites for hydroxylation is 1. The molecule has 0 amide bonds. The molecule has 3 heterocycles. The summed E-state index contributed by atoms with van der Waals surface area (Å²) in [4.78, 5) is 11.1. The number of aromatic nitrogens is 3. The first-order chi connectivity index (χ1) is 12.8. The minimum atomic E-state index is 0.469. The number of ether oxygens (including phenoxy) is 1. The van der Waals surface area contributed by atoms with E-state index in [-0.39, 0.29) is 0 Å². The summed E-state index contributed by atoms with van der Waals surface area (Å²) in [6.45, 7) is 5.00. The van der Waals surface area contributed by atoms with E-state index < -0.39 is 0 Å². The molecule has 0 aliphatic carbocycles. The highest BCUT2D eigenvalue weighted by Gasteiger charge is 2.14. The topological polar surface area (TPSA) is 64.3 Å². The highest BCUT2D eigenvalue weighted by atomic mass is 16.5. The molecule has 1 aliphatic rings. The third-order valence-corrected chi connectivity index (χ3v) is 4.54. The van der Waals surface area contributed by atoms with Gasteiger partial charge in [0, 0.05) is 29.9 Å². The summed E-state index contributed by atoms with van der Waals surface area (Å²) >= 11 is 0. The number of benzene rings is 1. The van der Waals surface area contributed by atoms with Crippen LogP contribution in [0.2, 0.25) is 0 Å². The quantitative estimate of drug-likeness (QED) is 0.686. The van der Waals surface area contributed by atoms with Crippen LogP contribution in [0.3, 0.4) is 0 Å². The molecule has 1 aliphatic heterocycles. The molecule has 0 N–H and O–H groups in total. The van der Waals surface area contributed by atoms with E-state index in [4.69, 9.17) is 9.26 Å². The smallest absolute Gasteiger partial charge is 0.258 e. The average Bonchev–Trinajstić information content (AvgIpc) is 3.11. The van der Waals surface area contributed by atoms with Crippen LogP contribution in [0.4, 0.5) is 0 Å². The second kappa shape index (κ2) is 7.66. The van der Waals surface area contributed by atoms with Crippen LogP contribution < -0.4 is 4.74 Å². The van der Waals surface area contributed by atoms with Crippen molar-refractivity contribution in [3.8, 4) is 23.1 Å². The van der Waals surface area contributed by atoms with E-state index in [1.54, 1.807) is 13.1 Å². The summed E-state index contributed by atoms with van der Waals surface area (Å²) in [6, 6.07) is 11.8. The van der Waals surface area contributed by atoms with Gasteiger partial charge in [0.15, 0.2) is 5.82 Å². The lowest BCUT2D eigenvalue weighted by Gasteiger charge is -2.27. The van der Waals surface area contributed by atoms with Gasteiger partial charge in [0.05, 0.1) is 0 Å². The molecule has 4 rings (SSSR count). The fourth-order valence-corrected chi connectivity index (χ4v) is 3.22. The van der Waals surface area contributed by atoms with Gasteiger partial charge in [0.25, 0.3) is 5.89 Å². The molecular formula is C20H22N4O2. The largest absolute Gasteiger partial charge is 0.439 e. The normalized spacial score (nSPS) is 15.1. The zero-order valence-electron chi connectivity index (χ0n) is 14.9. The number of likely N-dealkylation sites (tertiary alicyclic amines) is 1. The Bertz CT molecular complexity index is 872. The third kappa shape index (κ3) is 3.91. The maximum absolute atomic E-state index is 6.09. The highest BCUT2D eigenvalue weighted by Crippen LogP contribution is 2.28. The lowest BCUT2D eigenvalue weighted by molar-refractivity contribution is 0.219. The number of hydrogen-bond donors (Lipinski definition) is 0. The number of hydrogen-bond acceptors (Lipinski definition) is 6. The van der Waals surface area contributed by atoms with Gasteiger partial charge >= 0.3 is 0 Å². The summed E-state index contributed by atoms with van der Waals surface area (Å²) in [7, 11) is 0. The fourth-order valence-electron chi connectivity index (χ4n) is 3.22. The first kappa shape index (κ1) is 16.7. The fraction of sp³-hybridized carbons (Fsp3) is 0.350. The highest BCUT2D eigenvalue weighted by molar-refractivity contribution is 5.54. The van der Waals surface area contributed by atoms with Crippen molar-refractivity contribution < 1.29 is 9.26 Å². The monoisotopic (exact) mass is 350 g/mol. The molecule has 1 aromatic carbocycles. The van der Waals surface area contributed by atoms with Crippen LogP contribution in [-0.4, -0.2) is 33.1 Å². The molecule has 3 aromatic rings. The first-order valence-electron chi connectivity index (χ1n) is 9.03. The second-order valence-corrected chi connectivity index (χ2v) is 6.58. The SMILES string of the molecule is Cc1noc(-c2ccnc(Oc3ccccc3CN3CCCCC3)c2)n1. The van der Waals surface area contributed by atoms with Crippen molar-refractivity contribution >= 4 is 0 Å². The Morgan fingerprint density at radius 1 is 1.12 bits per heavy atom.